The maximum atomic E-state index is 12.0. The Hall–Kier alpha value is -1.52. The topological polar surface area (TPSA) is 63.8 Å². The van der Waals surface area contributed by atoms with Crippen molar-refractivity contribution in [1.29, 1.82) is 0 Å². The second-order valence-electron chi connectivity index (χ2n) is 3.81. The number of hydrogen-bond donors (Lipinski definition) is 2. The summed E-state index contributed by atoms with van der Waals surface area (Å²) in [5.74, 6) is 0. The molecule has 90 valence electrons. The molecule has 2 aromatic rings. The molecular formula is C12H14ClN3O. The maximum Gasteiger partial charge on any atom is 0.274 e. The molecule has 0 fully saturated rings. The summed E-state index contributed by atoms with van der Waals surface area (Å²) in [7, 11) is 0. The molecule has 0 saturated heterocycles. The van der Waals surface area contributed by atoms with Crippen molar-refractivity contribution in [3.8, 4) is 5.69 Å². The van der Waals surface area contributed by atoms with Crippen LogP contribution in [0.25, 0.3) is 5.69 Å². The van der Waals surface area contributed by atoms with E-state index < -0.39 is 0 Å². The molecule has 0 saturated carbocycles. The van der Waals surface area contributed by atoms with E-state index in [4.69, 9.17) is 17.3 Å². The van der Waals surface area contributed by atoms with Gasteiger partial charge in [0.25, 0.3) is 5.56 Å². The lowest BCUT2D eigenvalue weighted by Gasteiger charge is -2.01. The van der Waals surface area contributed by atoms with Crippen LogP contribution in [0, 0.1) is 0 Å². The van der Waals surface area contributed by atoms with E-state index in [9.17, 15) is 4.79 Å². The SMILES string of the molecule is NCCCc1c[nH]n(-c2cccc(Cl)c2)c1=O. The van der Waals surface area contributed by atoms with Crippen LogP contribution in [-0.4, -0.2) is 16.3 Å². The van der Waals surface area contributed by atoms with Crippen molar-refractivity contribution < 1.29 is 0 Å². The third kappa shape index (κ3) is 2.60. The van der Waals surface area contributed by atoms with Gasteiger partial charge in [0, 0.05) is 16.8 Å². The zero-order valence-corrected chi connectivity index (χ0v) is 10.1. The van der Waals surface area contributed by atoms with Gasteiger partial charge in [-0.1, -0.05) is 17.7 Å². The zero-order chi connectivity index (χ0) is 12.3. The molecule has 3 N–H and O–H groups in total. The Kier molecular flexibility index (Phi) is 3.66. The number of aromatic nitrogens is 2. The van der Waals surface area contributed by atoms with Crippen molar-refractivity contribution in [3.05, 3.63) is 51.4 Å². The highest BCUT2D eigenvalue weighted by Crippen LogP contribution is 2.12. The van der Waals surface area contributed by atoms with E-state index in [0.29, 0.717) is 18.0 Å². The molecule has 0 aliphatic heterocycles. The van der Waals surface area contributed by atoms with E-state index >= 15 is 0 Å². The van der Waals surface area contributed by atoms with Gasteiger partial charge in [-0.15, -0.1) is 0 Å². The summed E-state index contributed by atoms with van der Waals surface area (Å²) >= 11 is 5.89. The summed E-state index contributed by atoms with van der Waals surface area (Å²) in [6.07, 6.45) is 3.22. The highest BCUT2D eigenvalue weighted by Gasteiger charge is 2.07. The first kappa shape index (κ1) is 12.0. The van der Waals surface area contributed by atoms with Crippen molar-refractivity contribution in [3.63, 3.8) is 0 Å². The molecule has 0 spiro atoms. The predicted molar refractivity (Wildman–Crippen MR) is 68.8 cm³/mol. The smallest absolute Gasteiger partial charge is 0.274 e. The van der Waals surface area contributed by atoms with Gasteiger partial charge in [-0.2, -0.15) is 0 Å². The predicted octanol–water partition coefficient (Wildman–Crippen LogP) is 1.71. The van der Waals surface area contributed by atoms with Crippen molar-refractivity contribution in [2.45, 2.75) is 12.8 Å². The minimum Gasteiger partial charge on any atom is -0.330 e. The zero-order valence-electron chi connectivity index (χ0n) is 9.32. The number of nitrogens with two attached hydrogens (primary N) is 1. The summed E-state index contributed by atoms with van der Waals surface area (Å²) in [5, 5.41) is 3.54. The lowest BCUT2D eigenvalue weighted by molar-refractivity contribution is 0.816. The number of H-pyrrole nitrogens is 1. The normalized spacial score (nSPS) is 10.7. The Morgan fingerprint density at radius 1 is 1.41 bits per heavy atom. The number of halogens is 1. The fourth-order valence-electron chi connectivity index (χ4n) is 1.69. The van der Waals surface area contributed by atoms with E-state index in [1.54, 1.807) is 18.3 Å². The Balaban J connectivity index is 2.34. The maximum absolute atomic E-state index is 12.0. The van der Waals surface area contributed by atoms with Crippen LogP contribution in [0.2, 0.25) is 5.02 Å². The summed E-state index contributed by atoms with van der Waals surface area (Å²) in [5.41, 5.74) is 6.87. The van der Waals surface area contributed by atoms with Crippen molar-refractivity contribution in [1.82, 2.24) is 9.78 Å². The molecule has 0 unspecified atom stereocenters. The first-order valence-electron chi connectivity index (χ1n) is 5.47. The van der Waals surface area contributed by atoms with Crippen LogP contribution in [0.3, 0.4) is 0 Å². The lowest BCUT2D eigenvalue weighted by atomic mass is 10.2. The molecule has 0 aliphatic rings. The van der Waals surface area contributed by atoms with E-state index in [0.717, 1.165) is 17.7 Å². The minimum atomic E-state index is -0.0410. The first-order valence-corrected chi connectivity index (χ1v) is 5.85. The van der Waals surface area contributed by atoms with Gasteiger partial charge in [0.2, 0.25) is 0 Å². The molecule has 2 rings (SSSR count). The number of nitrogens with one attached hydrogen (secondary N) is 1. The monoisotopic (exact) mass is 251 g/mol. The number of hydrogen-bond acceptors (Lipinski definition) is 2. The fourth-order valence-corrected chi connectivity index (χ4v) is 1.87. The second-order valence-corrected chi connectivity index (χ2v) is 4.25. The largest absolute Gasteiger partial charge is 0.330 e. The fraction of sp³-hybridized carbons (Fsp3) is 0.250. The molecule has 0 aliphatic carbocycles. The minimum absolute atomic E-state index is 0.0410. The Morgan fingerprint density at radius 3 is 2.94 bits per heavy atom. The molecule has 0 radical (unpaired) electrons. The van der Waals surface area contributed by atoms with Gasteiger partial charge in [0.05, 0.1) is 5.69 Å². The molecule has 0 amide bonds. The highest BCUT2D eigenvalue weighted by molar-refractivity contribution is 6.30. The van der Waals surface area contributed by atoms with Crippen LogP contribution in [-0.2, 0) is 6.42 Å². The second kappa shape index (κ2) is 5.21. The first-order chi connectivity index (χ1) is 8.22. The van der Waals surface area contributed by atoms with Crippen LogP contribution >= 0.6 is 11.6 Å². The van der Waals surface area contributed by atoms with Gasteiger partial charge in [0.1, 0.15) is 0 Å². The highest BCUT2D eigenvalue weighted by atomic mass is 35.5. The van der Waals surface area contributed by atoms with Gasteiger partial charge < -0.3 is 5.73 Å². The third-order valence-corrected chi connectivity index (χ3v) is 2.80. The molecule has 1 aromatic heterocycles. The quantitative estimate of drug-likeness (QED) is 0.869. The number of nitrogens with zero attached hydrogens (tertiary/aromatic N) is 1. The number of rotatable bonds is 4. The summed E-state index contributed by atoms with van der Waals surface area (Å²) in [4.78, 5) is 12.0. The Morgan fingerprint density at radius 2 is 2.24 bits per heavy atom. The lowest BCUT2D eigenvalue weighted by Crippen LogP contribution is -2.17. The number of benzene rings is 1. The average molecular weight is 252 g/mol. The van der Waals surface area contributed by atoms with E-state index in [2.05, 4.69) is 5.10 Å². The van der Waals surface area contributed by atoms with Crippen LogP contribution in [0.1, 0.15) is 12.0 Å². The Labute approximate surface area is 104 Å². The van der Waals surface area contributed by atoms with Crippen molar-refractivity contribution >= 4 is 11.6 Å². The third-order valence-electron chi connectivity index (χ3n) is 2.56. The van der Waals surface area contributed by atoms with Crippen LogP contribution in [0.15, 0.2) is 35.3 Å². The van der Waals surface area contributed by atoms with Crippen LogP contribution in [0.5, 0.6) is 0 Å². The molecular weight excluding hydrogens is 238 g/mol. The molecule has 4 nitrogen and oxygen atoms in total. The van der Waals surface area contributed by atoms with E-state index in [1.807, 2.05) is 12.1 Å². The van der Waals surface area contributed by atoms with E-state index in [-0.39, 0.29) is 5.56 Å². The van der Waals surface area contributed by atoms with Gasteiger partial charge in [-0.25, -0.2) is 4.68 Å². The van der Waals surface area contributed by atoms with Crippen molar-refractivity contribution in [2.24, 2.45) is 5.73 Å². The van der Waals surface area contributed by atoms with Gasteiger partial charge in [-0.05, 0) is 37.6 Å². The average Bonchev–Trinajstić information content (AvgIpc) is 2.68. The van der Waals surface area contributed by atoms with E-state index in [1.165, 1.54) is 4.68 Å². The molecule has 5 heteroatoms. The molecule has 17 heavy (non-hydrogen) atoms. The van der Waals surface area contributed by atoms with Crippen LogP contribution < -0.4 is 11.3 Å². The van der Waals surface area contributed by atoms with Gasteiger partial charge in [0.15, 0.2) is 0 Å². The molecule has 0 bridgehead atoms. The van der Waals surface area contributed by atoms with Gasteiger partial charge in [-0.3, -0.25) is 9.89 Å². The number of aryl methyl sites for hydroxylation is 1. The van der Waals surface area contributed by atoms with Crippen LogP contribution in [0.4, 0.5) is 0 Å². The number of aromatic amines is 1. The molecule has 0 atom stereocenters. The molecule has 1 heterocycles. The summed E-state index contributed by atoms with van der Waals surface area (Å²) in [6.45, 7) is 0.585. The van der Waals surface area contributed by atoms with Crippen molar-refractivity contribution in [2.75, 3.05) is 6.54 Å². The summed E-state index contributed by atoms with van der Waals surface area (Å²) in [6, 6.07) is 7.15. The molecule has 1 aromatic carbocycles. The van der Waals surface area contributed by atoms with Gasteiger partial charge >= 0.3 is 0 Å². The standard InChI is InChI=1S/C12H14ClN3O/c13-10-4-1-5-11(7-10)16-12(17)9(8-15-16)3-2-6-14/h1,4-5,7-8,15H,2-3,6,14H2. The summed E-state index contributed by atoms with van der Waals surface area (Å²) < 4.78 is 1.48. The Bertz CT molecular complexity index is 559.